The van der Waals surface area contributed by atoms with E-state index in [2.05, 4.69) is 181 Å². The van der Waals surface area contributed by atoms with Crippen LogP contribution < -0.4 is 4.90 Å². The molecule has 3 heteroatoms. The minimum Gasteiger partial charge on any atom is -0.456 e. The number of benzene rings is 8. The summed E-state index contributed by atoms with van der Waals surface area (Å²) in [4.78, 5) is 2.36. The monoisotopic (exact) mass is 669 g/mol. The van der Waals surface area contributed by atoms with Gasteiger partial charge in [0, 0.05) is 54.1 Å². The van der Waals surface area contributed by atoms with E-state index in [9.17, 15) is 0 Å². The highest BCUT2D eigenvalue weighted by Gasteiger charge is 2.19. The van der Waals surface area contributed by atoms with Crippen LogP contribution in [0.25, 0.3) is 75.5 Å². The first-order chi connectivity index (χ1) is 25.3. The maximum absolute atomic E-state index is 6.43. The van der Waals surface area contributed by atoms with E-state index in [1.807, 2.05) is 23.5 Å². The van der Waals surface area contributed by atoms with E-state index in [1.54, 1.807) is 0 Å². The Morgan fingerprint density at radius 2 is 0.961 bits per heavy atom. The quantitative estimate of drug-likeness (QED) is 0.175. The van der Waals surface area contributed by atoms with Crippen LogP contribution in [0.4, 0.5) is 17.1 Å². The number of fused-ring (bicyclic) bond motifs is 6. The lowest BCUT2D eigenvalue weighted by Gasteiger charge is -2.27. The summed E-state index contributed by atoms with van der Waals surface area (Å²) in [7, 11) is 0. The van der Waals surface area contributed by atoms with Gasteiger partial charge in [0.15, 0.2) is 0 Å². The van der Waals surface area contributed by atoms with E-state index in [0.29, 0.717) is 0 Å². The van der Waals surface area contributed by atoms with Crippen LogP contribution in [0.5, 0.6) is 0 Å². The molecule has 8 aromatic carbocycles. The minimum absolute atomic E-state index is 0.870. The Balaban J connectivity index is 1.21. The molecule has 0 atom stereocenters. The molecule has 0 spiro atoms. The van der Waals surface area contributed by atoms with Gasteiger partial charge >= 0.3 is 0 Å². The summed E-state index contributed by atoms with van der Waals surface area (Å²) < 4.78 is 9.04. The van der Waals surface area contributed by atoms with Crippen LogP contribution in [0.2, 0.25) is 0 Å². The van der Waals surface area contributed by atoms with Crippen molar-refractivity contribution < 1.29 is 4.42 Å². The number of hydrogen-bond acceptors (Lipinski definition) is 3. The SMILES string of the molecule is c1ccc(-c2ccc(N(c3cc(-c4ccccc4)cc(-c4cccc5c4sc4ccccc45)c3)c3ccc4c(c3)oc3ccccc34)cc2)cc1. The Hall–Kier alpha value is -6.42. The van der Waals surface area contributed by atoms with Gasteiger partial charge in [0.2, 0.25) is 0 Å². The maximum atomic E-state index is 6.43. The third-order valence-electron chi connectivity index (χ3n) is 9.85. The Bertz CT molecular complexity index is 2850. The van der Waals surface area contributed by atoms with E-state index in [0.717, 1.165) is 44.6 Å². The normalized spacial score (nSPS) is 11.5. The highest BCUT2D eigenvalue weighted by atomic mass is 32.1. The van der Waals surface area contributed by atoms with Crippen molar-refractivity contribution in [1.82, 2.24) is 0 Å². The summed E-state index contributed by atoms with van der Waals surface area (Å²) >= 11 is 1.87. The van der Waals surface area contributed by atoms with Crippen molar-refractivity contribution in [2.75, 3.05) is 4.90 Å². The summed E-state index contributed by atoms with van der Waals surface area (Å²) in [6.07, 6.45) is 0. The molecule has 0 bridgehead atoms. The second-order valence-corrected chi connectivity index (χ2v) is 14.0. The first-order valence-electron chi connectivity index (χ1n) is 17.2. The fraction of sp³-hybridized carbons (Fsp3) is 0. The van der Waals surface area contributed by atoms with Gasteiger partial charge in [-0.05, 0) is 88.0 Å². The fourth-order valence-corrected chi connectivity index (χ4v) is 8.64. The fourth-order valence-electron chi connectivity index (χ4n) is 7.40. The van der Waals surface area contributed by atoms with E-state index in [4.69, 9.17) is 4.42 Å². The number of furan rings is 1. The standard InChI is InChI=1S/C48H31NOS/c1-3-12-32(13-4-1)34-22-24-37(25-23-34)49(38-26-27-42-41-16-7-9-20-45(41)50-46(42)31-38)39-29-35(33-14-5-2-6-15-33)28-36(30-39)40-18-11-19-44-43-17-8-10-21-47(43)51-48(40)44/h1-31H. The van der Waals surface area contributed by atoms with Crippen molar-refractivity contribution in [2.45, 2.75) is 0 Å². The summed E-state index contributed by atoms with van der Waals surface area (Å²) in [6, 6.07) is 67.5. The Kier molecular flexibility index (Phi) is 7.04. The highest BCUT2D eigenvalue weighted by Crippen LogP contribution is 2.45. The third-order valence-corrected chi connectivity index (χ3v) is 11.1. The van der Waals surface area contributed by atoms with Crippen molar-refractivity contribution in [1.29, 1.82) is 0 Å². The predicted molar refractivity (Wildman–Crippen MR) is 218 cm³/mol. The van der Waals surface area contributed by atoms with E-state index >= 15 is 0 Å². The number of hydrogen-bond donors (Lipinski definition) is 0. The van der Waals surface area contributed by atoms with E-state index in [1.165, 1.54) is 48.0 Å². The molecule has 0 aliphatic rings. The van der Waals surface area contributed by atoms with Gasteiger partial charge in [-0.1, -0.05) is 127 Å². The molecule has 0 amide bonds. The van der Waals surface area contributed by atoms with Crippen molar-refractivity contribution in [3.8, 4) is 33.4 Å². The van der Waals surface area contributed by atoms with Gasteiger partial charge < -0.3 is 9.32 Å². The molecule has 0 saturated heterocycles. The summed E-state index contributed by atoms with van der Waals surface area (Å²) in [6.45, 7) is 0. The molecule has 240 valence electrons. The zero-order valence-corrected chi connectivity index (χ0v) is 28.5. The molecular weight excluding hydrogens is 639 g/mol. The summed E-state index contributed by atoms with van der Waals surface area (Å²) in [5, 5.41) is 4.84. The van der Waals surface area contributed by atoms with Crippen molar-refractivity contribution in [3.05, 3.63) is 188 Å². The molecule has 2 heterocycles. The lowest BCUT2D eigenvalue weighted by molar-refractivity contribution is 0.669. The molecule has 10 aromatic rings. The minimum atomic E-state index is 0.870. The van der Waals surface area contributed by atoms with Crippen LogP contribution in [-0.4, -0.2) is 0 Å². The van der Waals surface area contributed by atoms with Crippen LogP contribution >= 0.6 is 11.3 Å². The highest BCUT2D eigenvalue weighted by molar-refractivity contribution is 7.26. The summed E-state index contributed by atoms with van der Waals surface area (Å²) in [5.74, 6) is 0. The number of thiophene rings is 1. The van der Waals surface area contributed by atoms with Crippen molar-refractivity contribution in [3.63, 3.8) is 0 Å². The van der Waals surface area contributed by atoms with E-state index in [-0.39, 0.29) is 0 Å². The third kappa shape index (κ3) is 5.18. The Morgan fingerprint density at radius 3 is 1.76 bits per heavy atom. The van der Waals surface area contributed by atoms with Crippen molar-refractivity contribution in [2.24, 2.45) is 0 Å². The molecule has 0 aliphatic heterocycles. The zero-order chi connectivity index (χ0) is 33.7. The smallest absolute Gasteiger partial charge is 0.137 e. The Morgan fingerprint density at radius 1 is 0.353 bits per heavy atom. The van der Waals surface area contributed by atoms with Gasteiger partial charge in [0.25, 0.3) is 0 Å². The van der Waals surface area contributed by atoms with Crippen LogP contribution in [0.15, 0.2) is 192 Å². The molecule has 10 rings (SSSR count). The Labute approximate surface area is 300 Å². The van der Waals surface area contributed by atoms with Crippen LogP contribution in [0.1, 0.15) is 0 Å². The second kappa shape index (κ2) is 12.2. The number of anilines is 3. The van der Waals surface area contributed by atoms with Gasteiger partial charge in [-0.3, -0.25) is 0 Å². The molecular formula is C48H31NOS. The molecule has 0 aliphatic carbocycles. The first kappa shape index (κ1) is 29.5. The van der Waals surface area contributed by atoms with Gasteiger partial charge in [0.1, 0.15) is 11.2 Å². The zero-order valence-electron chi connectivity index (χ0n) is 27.7. The maximum Gasteiger partial charge on any atom is 0.137 e. The molecule has 0 unspecified atom stereocenters. The topological polar surface area (TPSA) is 16.4 Å². The molecule has 51 heavy (non-hydrogen) atoms. The summed E-state index contributed by atoms with van der Waals surface area (Å²) in [5.41, 5.74) is 12.1. The van der Waals surface area contributed by atoms with Crippen LogP contribution in [0.3, 0.4) is 0 Å². The van der Waals surface area contributed by atoms with Gasteiger partial charge in [0.05, 0.1) is 0 Å². The lowest BCUT2D eigenvalue weighted by atomic mass is 9.96. The number of para-hydroxylation sites is 1. The van der Waals surface area contributed by atoms with Gasteiger partial charge in [-0.2, -0.15) is 0 Å². The lowest BCUT2D eigenvalue weighted by Crippen LogP contribution is -2.10. The van der Waals surface area contributed by atoms with Crippen molar-refractivity contribution >= 4 is 70.5 Å². The second-order valence-electron chi connectivity index (χ2n) is 12.9. The molecule has 0 fully saturated rings. The van der Waals surface area contributed by atoms with E-state index < -0.39 is 0 Å². The molecule has 0 N–H and O–H groups in total. The average molecular weight is 670 g/mol. The first-order valence-corrected chi connectivity index (χ1v) is 18.1. The van der Waals surface area contributed by atoms with Crippen LogP contribution in [0, 0.1) is 0 Å². The molecule has 2 aromatic heterocycles. The average Bonchev–Trinajstić information content (AvgIpc) is 3.77. The largest absolute Gasteiger partial charge is 0.456 e. The van der Waals surface area contributed by atoms with Gasteiger partial charge in [-0.15, -0.1) is 11.3 Å². The van der Waals surface area contributed by atoms with Crippen LogP contribution in [-0.2, 0) is 0 Å². The molecule has 0 saturated carbocycles. The number of rotatable bonds is 6. The molecule has 0 radical (unpaired) electrons. The predicted octanol–water partition coefficient (Wildman–Crippen LogP) is 14.4. The molecule has 2 nitrogen and oxygen atoms in total. The van der Waals surface area contributed by atoms with Gasteiger partial charge in [-0.25, -0.2) is 0 Å². The number of nitrogens with zero attached hydrogens (tertiary/aromatic N) is 1.